The first-order valence-corrected chi connectivity index (χ1v) is 6.51. The Morgan fingerprint density at radius 3 is 2.81 bits per heavy atom. The Kier molecular flexibility index (Phi) is 5.49. The lowest BCUT2D eigenvalue weighted by Gasteiger charge is -2.16. The highest BCUT2D eigenvalue weighted by atomic mass is 32.1. The van der Waals surface area contributed by atoms with Gasteiger partial charge < -0.3 is 11.1 Å². The van der Waals surface area contributed by atoms with E-state index in [-0.39, 0.29) is 11.8 Å². The van der Waals surface area contributed by atoms with E-state index < -0.39 is 0 Å². The third-order valence-corrected chi connectivity index (χ3v) is 3.30. The summed E-state index contributed by atoms with van der Waals surface area (Å²) in [6, 6.07) is 4.01. The van der Waals surface area contributed by atoms with Crippen molar-refractivity contribution in [3.8, 4) is 0 Å². The number of nitrogens with two attached hydrogens (primary N) is 1. The summed E-state index contributed by atoms with van der Waals surface area (Å²) in [7, 11) is 0. The van der Waals surface area contributed by atoms with Gasteiger partial charge in [-0.25, -0.2) is 0 Å². The SMILES string of the molecule is CC(C)CC(CN)C(=O)NCc1cccs1. The molecule has 1 aromatic rings. The van der Waals surface area contributed by atoms with Crippen molar-refractivity contribution in [2.75, 3.05) is 6.54 Å². The van der Waals surface area contributed by atoms with E-state index in [0.717, 1.165) is 6.42 Å². The maximum atomic E-state index is 11.8. The second kappa shape index (κ2) is 6.66. The van der Waals surface area contributed by atoms with Crippen LogP contribution in [0.4, 0.5) is 0 Å². The van der Waals surface area contributed by atoms with Crippen LogP contribution in [0.2, 0.25) is 0 Å². The highest BCUT2D eigenvalue weighted by Crippen LogP contribution is 2.12. The molecule has 1 aromatic heterocycles. The second-order valence-electron chi connectivity index (χ2n) is 4.36. The van der Waals surface area contributed by atoms with Crippen LogP contribution in [0, 0.1) is 11.8 Å². The van der Waals surface area contributed by atoms with Gasteiger partial charge in [0.15, 0.2) is 0 Å². The zero-order valence-corrected chi connectivity index (χ0v) is 10.7. The molecule has 90 valence electrons. The molecule has 0 saturated carbocycles. The van der Waals surface area contributed by atoms with Crippen LogP contribution in [0.3, 0.4) is 0 Å². The van der Waals surface area contributed by atoms with Gasteiger partial charge >= 0.3 is 0 Å². The average Bonchev–Trinajstić information content (AvgIpc) is 2.75. The predicted molar refractivity (Wildman–Crippen MR) is 68.2 cm³/mol. The van der Waals surface area contributed by atoms with Crippen molar-refractivity contribution in [2.24, 2.45) is 17.6 Å². The quantitative estimate of drug-likeness (QED) is 0.799. The molecule has 1 rings (SSSR count). The number of amides is 1. The van der Waals surface area contributed by atoms with E-state index in [1.807, 2.05) is 17.5 Å². The Morgan fingerprint density at radius 1 is 1.56 bits per heavy atom. The van der Waals surface area contributed by atoms with E-state index in [4.69, 9.17) is 5.73 Å². The Morgan fingerprint density at radius 2 is 2.31 bits per heavy atom. The van der Waals surface area contributed by atoms with Gasteiger partial charge in [0.05, 0.1) is 12.5 Å². The maximum Gasteiger partial charge on any atom is 0.224 e. The Balaban J connectivity index is 2.37. The zero-order chi connectivity index (χ0) is 12.0. The molecule has 0 saturated heterocycles. The predicted octanol–water partition coefficient (Wildman–Crippen LogP) is 1.99. The molecule has 1 unspecified atom stereocenters. The van der Waals surface area contributed by atoms with Gasteiger partial charge in [0, 0.05) is 11.4 Å². The molecular weight excluding hydrogens is 220 g/mol. The third-order valence-electron chi connectivity index (χ3n) is 2.43. The lowest BCUT2D eigenvalue weighted by molar-refractivity contribution is -0.125. The number of nitrogens with one attached hydrogen (secondary N) is 1. The molecule has 0 bridgehead atoms. The Hall–Kier alpha value is -0.870. The van der Waals surface area contributed by atoms with Crippen molar-refractivity contribution in [1.29, 1.82) is 0 Å². The lowest BCUT2D eigenvalue weighted by atomic mass is 9.96. The monoisotopic (exact) mass is 240 g/mol. The van der Waals surface area contributed by atoms with Crippen molar-refractivity contribution in [3.05, 3.63) is 22.4 Å². The molecular formula is C12H20N2OS. The third kappa shape index (κ3) is 4.33. The summed E-state index contributed by atoms with van der Waals surface area (Å²) in [5, 5.41) is 4.94. The van der Waals surface area contributed by atoms with Gasteiger partial charge in [-0.3, -0.25) is 4.79 Å². The van der Waals surface area contributed by atoms with Crippen LogP contribution in [0.1, 0.15) is 25.1 Å². The molecule has 0 radical (unpaired) electrons. The van der Waals surface area contributed by atoms with Crippen molar-refractivity contribution in [3.63, 3.8) is 0 Å². The molecule has 1 heterocycles. The normalized spacial score (nSPS) is 12.8. The molecule has 0 spiro atoms. The van der Waals surface area contributed by atoms with Crippen LogP contribution >= 0.6 is 11.3 Å². The molecule has 3 N–H and O–H groups in total. The van der Waals surface area contributed by atoms with Crippen LogP contribution in [0.25, 0.3) is 0 Å². The highest BCUT2D eigenvalue weighted by Gasteiger charge is 2.17. The van der Waals surface area contributed by atoms with Crippen LogP contribution in [0.15, 0.2) is 17.5 Å². The van der Waals surface area contributed by atoms with Crippen LogP contribution in [0.5, 0.6) is 0 Å². The number of thiophene rings is 1. The minimum Gasteiger partial charge on any atom is -0.351 e. The Labute approximate surface area is 101 Å². The van der Waals surface area contributed by atoms with Crippen molar-refractivity contribution in [1.82, 2.24) is 5.32 Å². The summed E-state index contributed by atoms with van der Waals surface area (Å²) in [5.74, 6) is 0.519. The summed E-state index contributed by atoms with van der Waals surface area (Å²) >= 11 is 1.65. The first-order chi connectivity index (χ1) is 7.63. The molecule has 0 aliphatic heterocycles. The molecule has 0 aromatic carbocycles. The lowest BCUT2D eigenvalue weighted by Crippen LogP contribution is -2.35. The number of carbonyl (C=O) groups excluding carboxylic acids is 1. The van der Waals surface area contributed by atoms with Gasteiger partial charge in [-0.05, 0) is 23.8 Å². The van der Waals surface area contributed by atoms with E-state index in [9.17, 15) is 4.79 Å². The molecule has 0 fully saturated rings. The van der Waals surface area contributed by atoms with E-state index in [2.05, 4.69) is 19.2 Å². The zero-order valence-electron chi connectivity index (χ0n) is 9.90. The van der Waals surface area contributed by atoms with E-state index in [0.29, 0.717) is 19.0 Å². The highest BCUT2D eigenvalue weighted by molar-refractivity contribution is 7.09. The number of hydrogen-bond donors (Lipinski definition) is 2. The number of carbonyl (C=O) groups is 1. The molecule has 16 heavy (non-hydrogen) atoms. The van der Waals surface area contributed by atoms with Crippen molar-refractivity contribution < 1.29 is 4.79 Å². The van der Waals surface area contributed by atoms with Gasteiger partial charge in [0.1, 0.15) is 0 Å². The minimum absolute atomic E-state index is 0.0556. The summed E-state index contributed by atoms with van der Waals surface area (Å²) in [5.41, 5.74) is 5.61. The molecule has 1 atom stereocenters. The van der Waals surface area contributed by atoms with Crippen LogP contribution in [-0.2, 0) is 11.3 Å². The summed E-state index contributed by atoms with van der Waals surface area (Å²) in [4.78, 5) is 13.0. The van der Waals surface area contributed by atoms with Crippen LogP contribution < -0.4 is 11.1 Å². The summed E-state index contributed by atoms with van der Waals surface area (Å²) in [6.07, 6.45) is 0.854. The topological polar surface area (TPSA) is 55.1 Å². The summed E-state index contributed by atoms with van der Waals surface area (Å²) < 4.78 is 0. The molecule has 4 heteroatoms. The standard InChI is InChI=1S/C12H20N2OS/c1-9(2)6-10(7-13)12(15)14-8-11-4-3-5-16-11/h3-5,9-10H,6-8,13H2,1-2H3,(H,14,15). The molecule has 3 nitrogen and oxygen atoms in total. The molecule has 0 aliphatic carbocycles. The van der Waals surface area contributed by atoms with Crippen LogP contribution in [-0.4, -0.2) is 12.5 Å². The number of hydrogen-bond acceptors (Lipinski definition) is 3. The average molecular weight is 240 g/mol. The van der Waals surface area contributed by atoms with Crippen molar-refractivity contribution in [2.45, 2.75) is 26.8 Å². The van der Waals surface area contributed by atoms with E-state index in [1.54, 1.807) is 11.3 Å². The first kappa shape index (κ1) is 13.2. The fourth-order valence-corrected chi connectivity index (χ4v) is 2.26. The fourth-order valence-electron chi connectivity index (χ4n) is 1.61. The first-order valence-electron chi connectivity index (χ1n) is 5.63. The van der Waals surface area contributed by atoms with Gasteiger partial charge in [0.2, 0.25) is 5.91 Å². The van der Waals surface area contributed by atoms with Gasteiger partial charge in [0.25, 0.3) is 0 Å². The van der Waals surface area contributed by atoms with E-state index in [1.165, 1.54) is 4.88 Å². The summed E-state index contributed by atoms with van der Waals surface area (Å²) in [6.45, 7) is 5.25. The van der Waals surface area contributed by atoms with Crippen molar-refractivity contribution >= 4 is 17.2 Å². The van der Waals surface area contributed by atoms with Gasteiger partial charge in [-0.2, -0.15) is 0 Å². The fraction of sp³-hybridized carbons (Fsp3) is 0.583. The molecule has 0 aliphatic rings. The van der Waals surface area contributed by atoms with E-state index >= 15 is 0 Å². The Bertz CT molecular complexity index is 309. The second-order valence-corrected chi connectivity index (χ2v) is 5.39. The minimum atomic E-state index is -0.0556. The number of rotatable bonds is 6. The maximum absolute atomic E-state index is 11.8. The van der Waals surface area contributed by atoms with Gasteiger partial charge in [-0.15, -0.1) is 11.3 Å². The van der Waals surface area contributed by atoms with Gasteiger partial charge in [-0.1, -0.05) is 19.9 Å². The molecule has 1 amide bonds. The smallest absolute Gasteiger partial charge is 0.224 e. The largest absolute Gasteiger partial charge is 0.351 e.